The number of amides is 1. The summed E-state index contributed by atoms with van der Waals surface area (Å²) in [6.07, 6.45) is 0. The van der Waals surface area contributed by atoms with Gasteiger partial charge in [-0.25, -0.2) is 4.98 Å². The summed E-state index contributed by atoms with van der Waals surface area (Å²) >= 11 is 1.48. The van der Waals surface area contributed by atoms with Gasteiger partial charge in [0.1, 0.15) is 18.1 Å². The molecule has 0 radical (unpaired) electrons. The van der Waals surface area contributed by atoms with Crippen LogP contribution < -0.4 is 4.74 Å². The molecule has 0 fully saturated rings. The van der Waals surface area contributed by atoms with Gasteiger partial charge in [-0.15, -0.1) is 11.3 Å². The lowest BCUT2D eigenvalue weighted by molar-refractivity contribution is 0.0768. The van der Waals surface area contributed by atoms with Gasteiger partial charge >= 0.3 is 0 Å². The molecule has 0 saturated carbocycles. The van der Waals surface area contributed by atoms with Crippen molar-refractivity contribution in [3.63, 3.8) is 0 Å². The zero-order valence-corrected chi connectivity index (χ0v) is 12.7. The number of ether oxygens (including phenoxy) is 1. The van der Waals surface area contributed by atoms with Crippen molar-refractivity contribution >= 4 is 17.2 Å². The lowest BCUT2D eigenvalue weighted by Crippen LogP contribution is -2.31. The highest BCUT2D eigenvalue weighted by Crippen LogP contribution is 2.13. The normalized spacial score (nSPS) is 10.3. The van der Waals surface area contributed by atoms with Crippen molar-refractivity contribution in [3.05, 3.63) is 45.9 Å². The Balaban J connectivity index is 1.83. The predicted octanol–water partition coefficient (Wildman–Crippen LogP) is 2.91. The fraction of sp³-hybridized carbons (Fsp3) is 0.333. The highest BCUT2D eigenvalue weighted by Gasteiger charge is 2.14. The molecule has 5 heteroatoms. The summed E-state index contributed by atoms with van der Waals surface area (Å²) in [6, 6.07) is 7.87. The van der Waals surface area contributed by atoms with Crippen LogP contribution in [0.2, 0.25) is 0 Å². The number of benzene rings is 1. The number of hydrogen-bond donors (Lipinski definition) is 0. The van der Waals surface area contributed by atoms with E-state index >= 15 is 0 Å². The molecule has 0 bridgehead atoms. The second-order valence-corrected chi connectivity index (χ2v) is 5.71. The van der Waals surface area contributed by atoms with E-state index in [2.05, 4.69) is 4.98 Å². The molecule has 2 rings (SSSR count). The maximum atomic E-state index is 12.1. The fourth-order valence-corrected chi connectivity index (χ4v) is 2.35. The number of nitrogens with zero attached hydrogens (tertiary/aromatic N) is 2. The van der Waals surface area contributed by atoms with Crippen LogP contribution in [0.15, 0.2) is 29.6 Å². The van der Waals surface area contributed by atoms with E-state index in [0.717, 1.165) is 16.3 Å². The summed E-state index contributed by atoms with van der Waals surface area (Å²) in [4.78, 5) is 17.9. The molecule has 0 atom stereocenters. The van der Waals surface area contributed by atoms with Gasteiger partial charge in [-0.3, -0.25) is 4.79 Å². The zero-order chi connectivity index (χ0) is 14.5. The zero-order valence-electron chi connectivity index (χ0n) is 11.9. The van der Waals surface area contributed by atoms with E-state index in [0.29, 0.717) is 18.8 Å². The van der Waals surface area contributed by atoms with Crippen LogP contribution in [0.1, 0.15) is 21.1 Å². The van der Waals surface area contributed by atoms with Crippen LogP contribution >= 0.6 is 11.3 Å². The lowest BCUT2D eigenvalue weighted by Gasteiger charge is -2.16. The molecule has 4 nitrogen and oxygen atoms in total. The maximum absolute atomic E-state index is 12.1. The summed E-state index contributed by atoms with van der Waals surface area (Å²) in [7, 11) is 1.76. The van der Waals surface area contributed by atoms with Crippen molar-refractivity contribution in [1.29, 1.82) is 0 Å². The highest BCUT2D eigenvalue weighted by molar-refractivity contribution is 7.09. The lowest BCUT2D eigenvalue weighted by atomic mass is 10.2. The third-order valence-electron chi connectivity index (χ3n) is 2.87. The molecule has 0 aliphatic carbocycles. The molecule has 0 unspecified atom stereocenters. The molecule has 1 amide bonds. The molecule has 20 heavy (non-hydrogen) atoms. The third kappa shape index (κ3) is 3.81. The molecule has 1 heterocycles. The second-order valence-electron chi connectivity index (χ2n) is 4.64. The van der Waals surface area contributed by atoms with E-state index in [1.54, 1.807) is 17.3 Å². The minimum Gasteiger partial charge on any atom is -0.492 e. The van der Waals surface area contributed by atoms with Crippen molar-refractivity contribution < 1.29 is 9.53 Å². The minimum absolute atomic E-state index is 0.0674. The van der Waals surface area contributed by atoms with Crippen molar-refractivity contribution in [2.75, 3.05) is 20.2 Å². The summed E-state index contributed by atoms with van der Waals surface area (Å²) in [5, 5.41) is 2.69. The Labute approximate surface area is 123 Å². The Kier molecular flexibility index (Phi) is 4.74. The predicted molar refractivity (Wildman–Crippen MR) is 80.5 cm³/mol. The summed E-state index contributed by atoms with van der Waals surface area (Å²) < 4.78 is 5.64. The number of likely N-dealkylation sites (N-methyl/N-ethyl adjacent to an activating group) is 1. The first kappa shape index (κ1) is 14.5. The number of aryl methyl sites for hydroxylation is 2. The van der Waals surface area contributed by atoms with Crippen LogP contribution in [0.25, 0.3) is 0 Å². The number of carbonyl (C=O) groups excluding carboxylic acids is 1. The van der Waals surface area contributed by atoms with Crippen LogP contribution in [0.5, 0.6) is 5.75 Å². The van der Waals surface area contributed by atoms with Crippen molar-refractivity contribution in [2.45, 2.75) is 13.8 Å². The van der Waals surface area contributed by atoms with Crippen molar-refractivity contribution in [2.24, 2.45) is 0 Å². The molecule has 0 saturated heterocycles. The van der Waals surface area contributed by atoms with Gasteiger partial charge in [0.15, 0.2) is 0 Å². The molecule has 0 aliphatic heterocycles. The quantitative estimate of drug-likeness (QED) is 0.850. The Bertz CT molecular complexity index is 595. The van der Waals surface area contributed by atoms with Gasteiger partial charge in [-0.1, -0.05) is 12.1 Å². The van der Waals surface area contributed by atoms with Crippen molar-refractivity contribution in [3.8, 4) is 5.75 Å². The standard InChI is InChI=1S/C15H18N2O2S/c1-11-5-4-6-13(9-11)19-8-7-17(3)15(18)14-10-20-12(2)16-14/h4-6,9-10H,7-8H2,1-3H3. The maximum Gasteiger partial charge on any atom is 0.273 e. The monoisotopic (exact) mass is 290 g/mol. The van der Waals surface area contributed by atoms with Crippen LogP contribution in [-0.2, 0) is 0 Å². The Morgan fingerprint density at radius 3 is 2.85 bits per heavy atom. The van der Waals surface area contributed by atoms with E-state index in [1.165, 1.54) is 11.3 Å². The number of hydrogen-bond acceptors (Lipinski definition) is 4. The number of thiazole rings is 1. The first-order chi connectivity index (χ1) is 9.56. The average molecular weight is 290 g/mol. The number of aromatic nitrogens is 1. The first-order valence-electron chi connectivity index (χ1n) is 6.43. The summed E-state index contributed by atoms with van der Waals surface area (Å²) in [6.45, 7) is 4.91. The molecule has 0 spiro atoms. The van der Waals surface area contributed by atoms with E-state index in [1.807, 2.05) is 38.1 Å². The minimum atomic E-state index is -0.0674. The van der Waals surface area contributed by atoms with Crippen LogP contribution in [0.4, 0.5) is 0 Å². The Morgan fingerprint density at radius 2 is 2.20 bits per heavy atom. The van der Waals surface area contributed by atoms with Gasteiger partial charge < -0.3 is 9.64 Å². The molecular formula is C15H18N2O2S. The molecule has 0 aliphatic rings. The molecule has 0 N–H and O–H groups in total. The molecule has 2 aromatic rings. The second kappa shape index (κ2) is 6.52. The van der Waals surface area contributed by atoms with Gasteiger partial charge in [0.05, 0.1) is 11.6 Å². The third-order valence-corrected chi connectivity index (χ3v) is 3.64. The van der Waals surface area contributed by atoms with Gasteiger partial charge in [0.2, 0.25) is 0 Å². The van der Waals surface area contributed by atoms with E-state index < -0.39 is 0 Å². The van der Waals surface area contributed by atoms with E-state index in [-0.39, 0.29) is 5.91 Å². The van der Waals surface area contributed by atoms with E-state index in [4.69, 9.17) is 4.74 Å². The molecular weight excluding hydrogens is 272 g/mol. The van der Waals surface area contributed by atoms with E-state index in [9.17, 15) is 4.79 Å². The summed E-state index contributed by atoms with van der Waals surface area (Å²) in [5.41, 5.74) is 1.66. The largest absolute Gasteiger partial charge is 0.492 e. The van der Waals surface area contributed by atoms with Crippen LogP contribution in [-0.4, -0.2) is 36.0 Å². The topological polar surface area (TPSA) is 42.4 Å². The fourth-order valence-electron chi connectivity index (χ4n) is 1.76. The first-order valence-corrected chi connectivity index (χ1v) is 7.31. The van der Waals surface area contributed by atoms with Gasteiger partial charge in [0, 0.05) is 12.4 Å². The Morgan fingerprint density at radius 1 is 1.40 bits per heavy atom. The smallest absolute Gasteiger partial charge is 0.273 e. The number of carbonyl (C=O) groups is 1. The van der Waals surface area contributed by atoms with Gasteiger partial charge in [-0.05, 0) is 31.5 Å². The highest BCUT2D eigenvalue weighted by atomic mass is 32.1. The van der Waals surface area contributed by atoms with Crippen molar-refractivity contribution in [1.82, 2.24) is 9.88 Å². The van der Waals surface area contributed by atoms with Gasteiger partial charge in [0.25, 0.3) is 5.91 Å². The molecule has 1 aromatic heterocycles. The molecule has 106 valence electrons. The Hall–Kier alpha value is -1.88. The van der Waals surface area contributed by atoms with Gasteiger partial charge in [-0.2, -0.15) is 0 Å². The average Bonchev–Trinajstić information content (AvgIpc) is 2.84. The van der Waals surface area contributed by atoms with Crippen LogP contribution in [0, 0.1) is 13.8 Å². The molecule has 1 aromatic carbocycles. The summed E-state index contributed by atoms with van der Waals surface area (Å²) in [5.74, 6) is 0.762. The van der Waals surface area contributed by atoms with Crippen LogP contribution in [0.3, 0.4) is 0 Å². The SMILES string of the molecule is Cc1cccc(OCCN(C)C(=O)c2csc(C)n2)c1. The number of rotatable bonds is 5.